The molecule has 1 atom stereocenters. The molecule has 20 heavy (non-hydrogen) atoms. The second-order valence-corrected chi connectivity index (χ2v) is 8.91. The summed E-state index contributed by atoms with van der Waals surface area (Å²) in [5, 5.41) is 3.77. The molecule has 1 aliphatic carbocycles. The summed E-state index contributed by atoms with van der Waals surface area (Å²) < 4.78 is 6.28. The molecule has 0 radical (unpaired) electrons. The topological polar surface area (TPSA) is 21.3 Å². The van der Waals surface area contributed by atoms with E-state index < -0.39 is 0 Å². The molecule has 0 aromatic rings. The first-order chi connectivity index (χ1) is 9.20. The highest BCUT2D eigenvalue weighted by molar-refractivity contribution is 4.92. The Morgan fingerprint density at radius 1 is 1.05 bits per heavy atom. The Bertz CT molecular complexity index is 310. The highest BCUT2D eigenvalue weighted by Gasteiger charge is 2.40. The first kappa shape index (κ1) is 16.3. The Kier molecular flexibility index (Phi) is 4.86. The van der Waals surface area contributed by atoms with Gasteiger partial charge < -0.3 is 10.1 Å². The zero-order valence-corrected chi connectivity index (χ0v) is 14.3. The maximum absolute atomic E-state index is 6.28. The van der Waals surface area contributed by atoms with Gasteiger partial charge in [-0.3, -0.25) is 0 Å². The van der Waals surface area contributed by atoms with Gasteiger partial charge in [0.15, 0.2) is 0 Å². The van der Waals surface area contributed by atoms with Crippen molar-refractivity contribution >= 4 is 0 Å². The van der Waals surface area contributed by atoms with Crippen molar-refractivity contribution in [1.29, 1.82) is 0 Å². The van der Waals surface area contributed by atoms with Crippen LogP contribution in [0.1, 0.15) is 86.0 Å². The summed E-state index contributed by atoms with van der Waals surface area (Å²) in [4.78, 5) is 0. The molecule has 2 aliphatic rings. The van der Waals surface area contributed by atoms with E-state index in [4.69, 9.17) is 4.74 Å². The Labute approximate surface area is 126 Å². The normalized spacial score (nSPS) is 29.6. The van der Waals surface area contributed by atoms with Crippen LogP contribution in [-0.4, -0.2) is 23.8 Å². The zero-order chi connectivity index (χ0) is 14.9. The molecular formula is C18H35NO. The van der Waals surface area contributed by atoms with Crippen LogP contribution in [0.25, 0.3) is 0 Å². The van der Waals surface area contributed by atoms with Gasteiger partial charge in [0, 0.05) is 12.1 Å². The van der Waals surface area contributed by atoms with E-state index in [9.17, 15) is 0 Å². The molecule has 1 unspecified atom stereocenters. The zero-order valence-electron chi connectivity index (χ0n) is 14.3. The number of nitrogens with one attached hydrogen (secondary N) is 1. The fourth-order valence-corrected chi connectivity index (χ4v) is 3.91. The maximum atomic E-state index is 6.28. The lowest BCUT2D eigenvalue weighted by atomic mass is 9.70. The van der Waals surface area contributed by atoms with E-state index >= 15 is 0 Å². The van der Waals surface area contributed by atoms with Gasteiger partial charge in [-0.1, -0.05) is 19.3 Å². The molecule has 0 spiro atoms. The van der Waals surface area contributed by atoms with E-state index in [0.29, 0.717) is 11.5 Å². The Morgan fingerprint density at radius 2 is 1.70 bits per heavy atom. The minimum Gasteiger partial charge on any atom is -0.372 e. The number of ether oxygens (including phenoxy) is 1. The predicted molar refractivity (Wildman–Crippen MR) is 86.1 cm³/mol. The Hall–Kier alpha value is -0.0800. The van der Waals surface area contributed by atoms with Crippen molar-refractivity contribution < 1.29 is 4.74 Å². The molecular weight excluding hydrogens is 246 g/mol. The van der Waals surface area contributed by atoms with E-state index in [1.807, 2.05) is 0 Å². The quantitative estimate of drug-likeness (QED) is 0.808. The van der Waals surface area contributed by atoms with Crippen molar-refractivity contribution in [1.82, 2.24) is 5.32 Å². The van der Waals surface area contributed by atoms with E-state index in [2.05, 4.69) is 39.9 Å². The Balaban J connectivity index is 1.96. The molecule has 2 fully saturated rings. The van der Waals surface area contributed by atoms with Gasteiger partial charge >= 0.3 is 0 Å². The number of rotatable bonds is 4. The lowest BCUT2D eigenvalue weighted by Gasteiger charge is -2.41. The molecule has 1 aliphatic heterocycles. The maximum Gasteiger partial charge on any atom is 0.0631 e. The molecule has 1 heterocycles. The standard InChI is InChI=1S/C18H35NO/c1-16(2,3)19-14-18(10-7-6-8-11-18)13-15-9-12-17(4,5)20-15/h15,19H,6-14H2,1-5H3. The van der Waals surface area contributed by atoms with Gasteiger partial charge in [-0.25, -0.2) is 0 Å². The highest BCUT2D eigenvalue weighted by atomic mass is 16.5. The molecule has 2 heteroatoms. The monoisotopic (exact) mass is 281 g/mol. The molecule has 0 bridgehead atoms. The van der Waals surface area contributed by atoms with Crippen LogP contribution in [0.15, 0.2) is 0 Å². The minimum absolute atomic E-state index is 0.109. The van der Waals surface area contributed by atoms with Crippen LogP contribution in [0.3, 0.4) is 0 Å². The fourth-order valence-electron chi connectivity index (χ4n) is 3.91. The second-order valence-electron chi connectivity index (χ2n) is 8.91. The number of hydrogen-bond donors (Lipinski definition) is 1. The summed E-state index contributed by atoms with van der Waals surface area (Å²) in [5.74, 6) is 0. The molecule has 1 saturated heterocycles. The van der Waals surface area contributed by atoms with Gasteiger partial charge in [-0.2, -0.15) is 0 Å². The van der Waals surface area contributed by atoms with Crippen molar-refractivity contribution in [3.05, 3.63) is 0 Å². The third-order valence-corrected chi connectivity index (χ3v) is 5.12. The molecule has 1 saturated carbocycles. The van der Waals surface area contributed by atoms with E-state index in [1.165, 1.54) is 51.4 Å². The van der Waals surface area contributed by atoms with Crippen LogP contribution in [0, 0.1) is 5.41 Å². The molecule has 2 rings (SSSR count). The largest absolute Gasteiger partial charge is 0.372 e. The minimum atomic E-state index is 0.109. The van der Waals surface area contributed by atoms with Crippen LogP contribution < -0.4 is 5.32 Å². The predicted octanol–water partition coefficient (Wildman–Crippen LogP) is 4.67. The van der Waals surface area contributed by atoms with E-state index in [-0.39, 0.29) is 11.1 Å². The van der Waals surface area contributed by atoms with Crippen molar-refractivity contribution in [2.75, 3.05) is 6.54 Å². The van der Waals surface area contributed by atoms with Crippen molar-refractivity contribution in [2.24, 2.45) is 5.41 Å². The van der Waals surface area contributed by atoms with Gasteiger partial charge in [0.1, 0.15) is 0 Å². The average molecular weight is 281 g/mol. The Morgan fingerprint density at radius 3 is 2.20 bits per heavy atom. The first-order valence-electron chi connectivity index (χ1n) is 8.63. The average Bonchev–Trinajstić information content (AvgIpc) is 2.67. The SMILES string of the molecule is CC(C)(C)NCC1(CC2CCC(C)(C)O2)CCCCC1. The third kappa shape index (κ3) is 4.73. The summed E-state index contributed by atoms with van der Waals surface area (Å²) in [5.41, 5.74) is 0.814. The lowest BCUT2D eigenvalue weighted by molar-refractivity contribution is -0.0417. The van der Waals surface area contributed by atoms with Crippen LogP contribution in [0.4, 0.5) is 0 Å². The summed E-state index contributed by atoms with van der Waals surface area (Å²) in [6.45, 7) is 12.5. The molecule has 0 aromatic heterocycles. The molecule has 118 valence electrons. The second kappa shape index (κ2) is 5.96. The third-order valence-electron chi connectivity index (χ3n) is 5.12. The highest BCUT2D eigenvalue weighted by Crippen LogP contribution is 2.44. The van der Waals surface area contributed by atoms with Crippen LogP contribution >= 0.6 is 0 Å². The fraction of sp³-hybridized carbons (Fsp3) is 1.00. The van der Waals surface area contributed by atoms with Crippen LogP contribution in [-0.2, 0) is 4.74 Å². The van der Waals surface area contributed by atoms with E-state index in [1.54, 1.807) is 0 Å². The van der Waals surface area contributed by atoms with Gasteiger partial charge in [0.2, 0.25) is 0 Å². The smallest absolute Gasteiger partial charge is 0.0631 e. The molecule has 0 amide bonds. The molecule has 2 nitrogen and oxygen atoms in total. The summed E-state index contributed by atoms with van der Waals surface area (Å²) in [7, 11) is 0. The van der Waals surface area contributed by atoms with Gasteiger partial charge in [0.25, 0.3) is 0 Å². The molecule has 1 N–H and O–H groups in total. The van der Waals surface area contributed by atoms with Crippen LogP contribution in [0.2, 0.25) is 0 Å². The summed E-state index contributed by atoms with van der Waals surface area (Å²) in [6, 6.07) is 0. The van der Waals surface area contributed by atoms with Gasteiger partial charge in [-0.15, -0.1) is 0 Å². The summed E-state index contributed by atoms with van der Waals surface area (Å²) >= 11 is 0. The summed E-state index contributed by atoms with van der Waals surface area (Å²) in [6.07, 6.45) is 11.2. The van der Waals surface area contributed by atoms with Crippen molar-refractivity contribution in [2.45, 2.75) is 103 Å². The number of hydrogen-bond acceptors (Lipinski definition) is 2. The van der Waals surface area contributed by atoms with E-state index in [0.717, 1.165) is 6.54 Å². The van der Waals surface area contributed by atoms with Gasteiger partial charge in [-0.05, 0) is 72.1 Å². The molecule has 0 aromatic carbocycles. The van der Waals surface area contributed by atoms with Gasteiger partial charge in [0.05, 0.1) is 11.7 Å². The first-order valence-corrected chi connectivity index (χ1v) is 8.63. The van der Waals surface area contributed by atoms with Crippen molar-refractivity contribution in [3.8, 4) is 0 Å². The lowest BCUT2D eigenvalue weighted by Crippen LogP contribution is -2.46. The van der Waals surface area contributed by atoms with Crippen molar-refractivity contribution in [3.63, 3.8) is 0 Å². The van der Waals surface area contributed by atoms with Crippen LogP contribution in [0.5, 0.6) is 0 Å².